The summed E-state index contributed by atoms with van der Waals surface area (Å²) in [6, 6.07) is 5.69. The van der Waals surface area contributed by atoms with Crippen LogP contribution >= 0.6 is 0 Å². The number of carbonyl (C=O) groups excluding carboxylic acids is 1. The molecule has 5 heteroatoms. The number of benzene rings is 1. The molecule has 0 radical (unpaired) electrons. The van der Waals surface area contributed by atoms with E-state index in [2.05, 4.69) is 10.6 Å². The molecule has 104 valence electrons. The van der Waals surface area contributed by atoms with Crippen molar-refractivity contribution >= 4 is 11.6 Å². The molecule has 1 heterocycles. The number of rotatable bonds is 5. The van der Waals surface area contributed by atoms with Crippen LogP contribution in [0.1, 0.15) is 25.8 Å². The predicted molar refractivity (Wildman–Crippen MR) is 73.2 cm³/mol. The van der Waals surface area contributed by atoms with E-state index in [1.165, 1.54) is 0 Å². The molecule has 19 heavy (non-hydrogen) atoms. The molecule has 1 amide bonds. The molecule has 1 aromatic rings. The van der Waals surface area contributed by atoms with Gasteiger partial charge in [0.2, 0.25) is 0 Å². The molecular formula is C14H20N2O3. The standard InChI is InChI=1S/C14H20N2O3/c1-3-14(2,18)9-15-7-10-4-5-12-11(6-10)16-13(17)8-19-12/h4-6,15,18H,3,7-9H2,1-2H3,(H,16,17). The van der Waals surface area contributed by atoms with Gasteiger partial charge < -0.3 is 20.5 Å². The number of carbonyl (C=O) groups is 1. The quantitative estimate of drug-likeness (QED) is 0.749. The average Bonchev–Trinajstić information content (AvgIpc) is 2.38. The maximum absolute atomic E-state index is 11.2. The summed E-state index contributed by atoms with van der Waals surface area (Å²) in [4.78, 5) is 11.2. The Labute approximate surface area is 113 Å². The van der Waals surface area contributed by atoms with E-state index >= 15 is 0 Å². The number of fused-ring (bicyclic) bond motifs is 1. The Hall–Kier alpha value is -1.59. The lowest BCUT2D eigenvalue weighted by atomic mass is 10.0. The van der Waals surface area contributed by atoms with Crippen LogP contribution < -0.4 is 15.4 Å². The van der Waals surface area contributed by atoms with Crippen LogP contribution in [0.2, 0.25) is 0 Å². The van der Waals surface area contributed by atoms with Crippen LogP contribution in [-0.4, -0.2) is 29.8 Å². The summed E-state index contributed by atoms with van der Waals surface area (Å²) in [5.74, 6) is 0.565. The number of anilines is 1. The minimum Gasteiger partial charge on any atom is -0.482 e. The van der Waals surface area contributed by atoms with Gasteiger partial charge in [-0.25, -0.2) is 0 Å². The Kier molecular flexibility index (Phi) is 4.07. The Morgan fingerprint density at radius 2 is 2.32 bits per heavy atom. The second kappa shape index (κ2) is 5.59. The first-order chi connectivity index (χ1) is 9.00. The Balaban J connectivity index is 1.95. The van der Waals surface area contributed by atoms with Crippen molar-refractivity contribution < 1.29 is 14.6 Å². The first kappa shape index (κ1) is 13.8. The largest absolute Gasteiger partial charge is 0.482 e. The zero-order chi connectivity index (χ0) is 13.9. The number of hydrogen-bond donors (Lipinski definition) is 3. The van der Waals surface area contributed by atoms with Crippen LogP contribution in [0.15, 0.2) is 18.2 Å². The van der Waals surface area contributed by atoms with Gasteiger partial charge in [-0.05, 0) is 31.0 Å². The summed E-state index contributed by atoms with van der Waals surface area (Å²) >= 11 is 0. The van der Waals surface area contributed by atoms with Gasteiger partial charge in [-0.1, -0.05) is 13.0 Å². The molecule has 0 saturated heterocycles. The second-order valence-electron chi connectivity index (χ2n) is 5.12. The van der Waals surface area contributed by atoms with Crippen molar-refractivity contribution in [3.05, 3.63) is 23.8 Å². The van der Waals surface area contributed by atoms with E-state index in [9.17, 15) is 9.90 Å². The number of hydrogen-bond acceptors (Lipinski definition) is 4. The molecule has 0 spiro atoms. The molecule has 1 aliphatic heterocycles. The number of amides is 1. The van der Waals surface area contributed by atoms with Crippen molar-refractivity contribution in [2.75, 3.05) is 18.5 Å². The van der Waals surface area contributed by atoms with E-state index in [1.54, 1.807) is 6.92 Å². The number of ether oxygens (including phenoxy) is 1. The average molecular weight is 264 g/mol. The van der Waals surface area contributed by atoms with Crippen molar-refractivity contribution in [3.63, 3.8) is 0 Å². The first-order valence-electron chi connectivity index (χ1n) is 6.49. The topological polar surface area (TPSA) is 70.6 Å². The highest BCUT2D eigenvalue weighted by molar-refractivity contribution is 5.95. The van der Waals surface area contributed by atoms with E-state index in [1.807, 2.05) is 25.1 Å². The highest BCUT2D eigenvalue weighted by Crippen LogP contribution is 2.28. The Morgan fingerprint density at radius 1 is 1.53 bits per heavy atom. The maximum Gasteiger partial charge on any atom is 0.262 e. The van der Waals surface area contributed by atoms with Crippen molar-refractivity contribution in [1.29, 1.82) is 0 Å². The molecule has 1 unspecified atom stereocenters. The lowest BCUT2D eigenvalue weighted by molar-refractivity contribution is -0.118. The molecule has 0 bridgehead atoms. The summed E-state index contributed by atoms with van der Waals surface area (Å²) in [6.45, 7) is 5.00. The van der Waals surface area contributed by atoms with Crippen molar-refractivity contribution in [2.45, 2.75) is 32.4 Å². The van der Waals surface area contributed by atoms with Gasteiger partial charge in [0, 0.05) is 13.1 Å². The summed E-state index contributed by atoms with van der Waals surface area (Å²) < 4.78 is 5.29. The summed E-state index contributed by atoms with van der Waals surface area (Å²) in [5, 5.41) is 15.9. The van der Waals surface area contributed by atoms with Crippen LogP contribution in [0, 0.1) is 0 Å². The fourth-order valence-corrected chi connectivity index (χ4v) is 1.84. The minimum absolute atomic E-state index is 0.0734. The van der Waals surface area contributed by atoms with Crippen molar-refractivity contribution in [3.8, 4) is 5.75 Å². The third-order valence-corrected chi connectivity index (χ3v) is 3.27. The fourth-order valence-electron chi connectivity index (χ4n) is 1.84. The molecule has 5 nitrogen and oxygen atoms in total. The molecule has 0 aromatic heterocycles. The van der Waals surface area contributed by atoms with Crippen LogP contribution in [0.4, 0.5) is 5.69 Å². The van der Waals surface area contributed by atoms with Crippen molar-refractivity contribution in [2.24, 2.45) is 0 Å². The molecule has 3 N–H and O–H groups in total. The monoisotopic (exact) mass is 264 g/mol. The predicted octanol–water partition coefficient (Wildman–Crippen LogP) is 1.27. The van der Waals surface area contributed by atoms with E-state index in [0.717, 1.165) is 5.56 Å². The normalized spacial score (nSPS) is 17.1. The maximum atomic E-state index is 11.2. The Bertz CT molecular complexity index is 472. The molecule has 1 atom stereocenters. The lowest BCUT2D eigenvalue weighted by Gasteiger charge is -2.22. The van der Waals surface area contributed by atoms with Crippen LogP contribution in [-0.2, 0) is 11.3 Å². The van der Waals surface area contributed by atoms with Crippen molar-refractivity contribution in [1.82, 2.24) is 5.32 Å². The van der Waals surface area contributed by atoms with Gasteiger partial charge in [-0.3, -0.25) is 4.79 Å². The highest BCUT2D eigenvalue weighted by atomic mass is 16.5. The third-order valence-electron chi connectivity index (χ3n) is 3.27. The molecule has 0 fully saturated rings. The minimum atomic E-state index is -0.689. The zero-order valence-corrected chi connectivity index (χ0v) is 11.3. The second-order valence-corrected chi connectivity index (χ2v) is 5.12. The van der Waals surface area contributed by atoms with Gasteiger partial charge in [0.15, 0.2) is 6.61 Å². The molecule has 1 aromatic carbocycles. The van der Waals surface area contributed by atoms with Crippen LogP contribution in [0.3, 0.4) is 0 Å². The number of aliphatic hydroxyl groups is 1. The SMILES string of the molecule is CCC(C)(O)CNCc1ccc2c(c1)NC(=O)CO2. The molecular weight excluding hydrogens is 244 g/mol. The molecule has 0 saturated carbocycles. The molecule has 2 rings (SSSR count). The zero-order valence-electron chi connectivity index (χ0n) is 11.3. The summed E-state index contributed by atoms with van der Waals surface area (Å²) in [7, 11) is 0. The van der Waals surface area contributed by atoms with E-state index < -0.39 is 5.60 Å². The third kappa shape index (κ3) is 3.68. The first-order valence-corrected chi connectivity index (χ1v) is 6.49. The van der Waals surface area contributed by atoms with E-state index in [-0.39, 0.29) is 12.5 Å². The summed E-state index contributed by atoms with van der Waals surface area (Å²) in [6.07, 6.45) is 0.702. The van der Waals surface area contributed by atoms with E-state index in [0.29, 0.717) is 30.9 Å². The Morgan fingerprint density at radius 3 is 3.05 bits per heavy atom. The molecule has 0 aliphatic carbocycles. The molecule has 1 aliphatic rings. The fraction of sp³-hybridized carbons (Fsp3) is 0.500. The summed E-state index contributed by atoms with van der Waals surface area (Å²) in [5.41, 5.74) is 1.06. The lowest BCUT2D eigenvalue weighted by Crippen LogP contribution is -2.36. The van der Waals surface area contributed by atoms with Gasteiger partial charge in [0.1, 0.15) is 5.75 Å². The van der Waals surface area contributed by atoms with Gasteiger partial charge >= 0.3 is 0 Å². The number of nitrogens with one attached hydrogen (secondary N) is 2. The smallest absolute Gasteiger partial charge is 0.262 e. The van der Waals surface area contributed by atoms with Crippen LogP contribution in [0.25, 0.3) is 0 Å². The van der Waals surface area contributed by atoms with Gasteiger partial charge in [0.25, 0.3) is 5.91 Å². The van der Waals surface area contributed by atoms with E-state index in [4.69, 9.17) is 4.74 Å². The van der Waals surface area contributed by atoms with Crippen LogP contribution in [0.5, 0.6) is 5.75 Å². The van der Waals surface area contributed by atoms with Gasteiger partial charge in [-0.15, -0.1) is 0 Å². The van der Waals surface area contributed by atoms with Gasteiger partial charge in [-0.2, -0.15) is 0 Å². The van der Waals surface area contributed by atoms with Gasteiger partial charge in [0.05, 0.1) is 11.3 Å². The highest BCUT2D eigenvalue weighted by Gasteiger charge is 2.18.